The number of halogens is 1. The van der Waals surface area contributed by atoms with Crippen LogP contribution in [0.5, 0.6) is 0 Å². The van der Waals surface area contributed by atoms with Crippen LogP contribution in [-0.4, -0.2) is 46.4 Å². The molecule has 2 bridgehead atoms. The largest absolute Gasteiger partial charge is 0.333 e. The van der Waals surface area contributed by atoms with Crippen molar-refractivity contribution in [2.75, 3.05) is 19.6 Å². The highest BCUT2D eigenvalue weighted by Crippen LogP contribution is 2.32. The second kappa shape index (κ2) is 6.82. The third kappa shape index (κ3) is 3.21. The van der Waals surface area contributed by atoms with Gasteiger partial charge in [0.1, 0.15) is 4.88 Å². The van der Waals surface area contributed by atoms with Gasteiger partial charge in [0.25, 0.3) is 5.91 Å². The van der Waals surface area contributed by atoms with E-state index in [0.29, 0.717) is 15.8 Å². The molecule has 6 heteroatoms. The van der Waals surface area contributed by atoms with Crippen molar-refractivity contribution in [3.63, 3.8) is 0 Å². The summed E-state index contributed by atoms with van der Waals surface area (Å²) in [5.41, 5.74) is 1.10. The number of rotatable bonds is 3. The lowest BCUT2D eigenvalue weighted by molar-refractivity contribution is 0.0590. The molecule has 2 aromatic rings. The molecule has 5 heterocycles. The second-order valence-electron chi connectivity index (χ2n) is 6.67. The fourth-order valence-electron chi connectivity index (χ4n) is 3.85. The maximum atomic E-state index is 12.9. The number of carbonyl (C=O) groups excluding carboxylic acids is 1. The first-order valence-electron chi connectivity index (χ1n) is 8.37. The summed E-state index contributed by atoms with van der Waals surface area (Å²) in [5.74, 6) is 0.638. The number of amides is 1. The molecule has 0 radical (unpaired) electrons. The lowest BCUT2D eigenvalue weighted by atomic mass is 9.95. The molecule has 0 spiro atoms. The summed E-state index contributed by atoms with van der Waals surface area (Å²) in [4.78, 5) is 22.5. The van der Waals surface area contributed by atoms with Gasteiger partial charge >= 0.3 is 0 Å². The fourth-order valence-corrected chi connectivity index (χ4v) is 4.95. The Hall–Kier alpha value is -1.43. The number of nitrogens with zero attached hydrogens (tertiary/aromatic N) is 3. The number of hydrogen-bond acceptors (Lipinski definition) is 4. The van der Waals surface area contributed by atoms with Crippen LogP contribution in [-0.2, 0) is 6.54 Å². The highest BCUT2D eigenvalue weighted by molar-refractivity contribution is 7.12. The number of carbonyl (C=O) groups is 1. The van der Waals surface area contributed by atoms with E-state index in [9.17, 15) is 4.79 Å². The maximum absolute atomic E-state index is 12.9. The number of piperidine rings is 1. The molecule has 0 unspecified atom stereocenters. The topological polar surface area (TPSA) is 36.4 Å². The number of hydrogen-bond donors (Lipinski definition) is 0. The van der Waals surface area contributed by atoms with Crippen molar-refractivity contribution in [1.29, 1.82) is 0 Å². The summed E-state index contributed by atoms with van der Waals surface area (Å²) in [6.07, 6.45) is 4.12. The van der Waals surface area contributed by atoms with Crippen LogP contribution in [0.2, 0.25) is 5.02 Å². The molecule has 0 saturated carbocycles. The Balaban J connectivity index is 1.51. The summed E-state index contributed by atoms with van der Waals surface area (Å²) in [7, 11) is 0. The van der Waals surface area contributed by atoms with Crippen LogP contribution in [0.3, 0.4) is 0 Å². The van der Waals surface area contributed by atoms with Crippen molar-refractivity contribution >= 4 is 28.8 Å². The third-order valence-corrected chi connectivity index (χ3v) is 6.30. The van der Waals surface area contributed by atoms with Crippen LogP contribution in [0.25, 0.3) is 0 Å². The number of aromatic nitrogens is 1. The van der Waals surface area contributed by atoms with E-state index in [0.717, 1.165) is 38.3 Å². The SMILES string of the molecule is O=C(c1sccc1Cl)N1C[C@H]2CC[C@@H]1CN(Cc1ccccn1)C2. The average Bonchev–Trinajstić information content (AvgIpc) is 2.83. The molecule has 0 N–H and O–H groups in total. The minimum atomic E-state index is 0.101. The van der Waals surface area contributed by atoms with Gasteiger partial charge in [-0.1, -0.05) is 17.7 Å². The number of thiophene rings is 1. The van der Waals surface area contributed by atoms with Gasteiger partial charge in [0.2, 0.25) is 0 Å². The molecule has 0 aromatic carbocycles. The zero-order valence-corrected chi connectivity index (χ0v) is 15.0. The van der Waals surface area contributed by atoms with Crippen molar-refractivity contribution in [2.24, 2.45) is 5.92 Å². The Morgan fingerprint density at radius 2 is 2.17 bits per heavy atom. The predicted octanol–water partition coefficient (Wildman–Crippen LogP) is 3.53. The molecule has 1 amide bonds. The van der Waals surface area contributed by atoms with Gasteiger partial charge < -0.3 is 4.90 Å². The highest BCUT2D eigenvalue weighted by atomic mass is 35.5. The average molecular weight is 362 g/mol. The van der Waals surface area contributed by atoms with E-state index >= 15 is 0 Å². The summed E-state index contributed by atoms with van der Waals surface area (Å²) in [6, 6.07) is 8.13. The Kier molecular flexibility index (Phi) is 4.57. The van der Waals surface area contributed by atoms with E-state index < -0.39 is 0 Å². The zero-order valence-electron chi connectivity index (χ0n) is 13.4. The van der Waals surface area contributed by atoms with Crippen molar-refractivity contribution in [2.45, 2.75) is 25.4 Å². The number of pyridine rings is 1. The predicted molar refractivity (Wildman–Crippen MR) is 96.4 cm³/mol. The molecule has 24 heavy (non-hydrogen) atoms. The maximum Gasteiger partial charge on any atom is 0.265 e. The molecule has 3 saturated heterocycles. The second-order valence-corrected chi connectivity index (χ2v) is 7.99. The minimum absolute atomic E-state index is 0.101. The molecule has 3 aliphatic heterocycles. The van der Waals surface area contributed by atoms with Gasteiger partial charge in [0.15, 0.2) is 0 Å². The molecule has 126 valence electrons. The molecular formula is C18H20ClN3OS. The molecule has 2 atom stereocenters. The number of fused-ring (bicyclic) bond motifs is 4. The molecule has 3 fully saturated rings. The van der Waals surface area contributed by atoms with Gasteiger partial charge in [-0.15, -0.1) is 11.3 Å². The quantitative estimate of drug-likeness (QED) is 0.839. The van der Waals surface area contributed by atoms with Gasteiger partial charge in [-0.2, -0.15) is 0 Å². The first-order chi connectivity index (χ1) is 11.7. The smallest absolute Gasteiger partial charge is 0.265 e. The molecule has 5 rings (SSSR count). The van der Waals surface area contributed by atoms with Crippen molar-refractivity contribution < 1.29 is 4.79 Å². The summed E-state index contributed by atoms with van der Waals surface area (Å²) in [6.45, 7) is 3.66. The van der Waals surface area contributed by atoms with E-state index in [4.69, 9.17) is 11.6 Å². The first-order valence-corrected chi connectivity index (χ1v) is 9.62. The Morgan fingerprint density at radius 1 is 1.25 bits per heavy atom. The van der Waals surface area contributed by atoms with Crippen LogP contribution in [0, 0.1) is 5.92 Å². The van der Waals surface area contributed by atoms with Crippen LogP contribution in [0.15, 0.2) is 35.8 Å². The van der Waals surface area contributed by atoms with E-state index in [1.807, 2.05) is 29.8 Å². The van der Waals surface area contributed by atoms with E-state index in [-0.39, 0.29) is 11.9 Å². The van der Waals surface area contributed by atoms with Crippen LogP contribution < -0.4 is 0 Å². The van der Waals surface area contributed by atoms with E-state index in [1.54, 1.807) is 0 Å². The summed E-state index contributed by atoms with van der Waals surface area (Å²) >= 11 is 7.62. The fraction of sp³-hybridized carbons (Fsp3) is 0.444. The Labute approximate surface area is 151 Å². The van der Waals surface area contributed by atoms with Crippen molar-refractivity contribution in [3.8, 4) is 0 Å². The first kappa shape index (κ1) is 16.1. The summed E-state index contributed by atoms with van der Waals surface area (Å²) < 4.78 is 0. The van der Waals surface area contributed by atoms with Gasteiger partial charge in [0.05, 0.1) is 10.7 Å². The minimum Gasteiger partial charge on any atom is -0.333 e. The molecule has 3 aliphatic rings. The van der Waals surface area contributed by atoms with Gasteiger partial charge in [-0.05, 0) is 42.3 Å². The Morgan fingerprint density at radius 3 is 2.92 bits per heavy atom. The monoisotopic (exact) mass is 361 g/mol. The van der Waals surface area contributed by atoms with Gasteiger partial charge in [0, 0.05) is 38.4 Å². The lowest BCUT2D eigenvalue weighted by Crippen LogP contribution is -2.47. The van der Waals surface area contributed by atoms with Crippen molar-refractivity contribution in [1.82, 2.24) is 14.8 Å². The van der Waals surface area contributed by atoms with Crippen LogP contribution in [0.1, 0.15) is 28.2 Å². The molecular weight excluding hydrogens is 342 g/mol. The van der Waals surface area contributed by atoms with Gasteiger partial charge in [-0.25, -0.2) is 0 Å². The highest BCUT2D eigenvalue weighted by Gasteiger charge is 2.38. The summed E-state index contributed by atoms with van der Waals surface area (Å²) in [5, 5.41) is 2.47. The normalized spacial score (nSPS) is 24.1. The lowest BCUT2D eigenvalue weighted by Gasteiger charge is -2.36. The van der Waals surface area contributed by atoms with E-state index in [1.165, 1.54) is 17.8 Å². The standard InChI is InChI=1S/C18H20ClN3OS/c19-16-6-8-24-17(16)18(23)22-10-13-4-5-15(22)12-21(9-13)11-14-3-1-2-7-20-14/h1-3,6-8,13,15H,4-5,9-12H2/t13-,15+/m0/s1. The molecule has 0 aliphatic carbocycles. The van der Waals surface area contributed by atoms with E-state index in [2.05, 4.69) is 20.9 Å². The molecule has 4 nitrogen and oxygen atoms in total. The van der Waals surface area contributed by atoms with Gasteiger partial charge in [-0.3, -0.25) is 14.7 Å². The third-order valence-electron chi connectivity index (χ3n) is 4.97. The zero-order chi connectivity index (χ0) is 16.5. The van der Waals surface area contributed by atoms with Crippen molar-refractivity contribution in [3.05, 3.63) is 51.4 Å². The van der Waals surface area contributed by atoms with Crippen LogP contribution >= 0.6 is 22.9 Å². The Bertz CT molecular complexity index is 720. The molecule has 2 aromatic heterocycles. The van der Waals surface area contributed by atoms with Crippen LogP contribution in [0.4, 0.5) is 0 Å².